The summed E-state index contributed by atoms with van der Waals surface area (Å²) >= 11 is 1.33. The Morgan fingerprint density at radius 3 is 2.27 bits per heavy atom. The highest BCUT2D eigenvalue weighted by molar-refractivity contribution is 7.99. The fourth-order valence-electron chi connectivity index (χ4n) is 3.81. The maximum absolute atomic E-state index is 12.8. The summed E-state index contributed by atoms with van der Waals surface area (Å²) < 4.78 is 12.6. The normalized spacial score (nSPS) is 11.3. The maximum Gasteiger partial charge on any atom is 0.234 e. The first-order chi connectivity index (χ1) is 17.7. The maximum atomic E-state index is 12.8. The predicted molar refractivity (Wildman–Crippen MR) is 149 cm³/mol. The number of thioether (sulfide) groups is 1. The fourth-order valence-corrected chi connectivity index (χ4v) is 4.57. The highest BCUT2D eigenvalue weighted by Crippen LogP contribution is 2.32. The van der Waals surface area contributed by atoms with Crippen molar-refractivity contribution >= 4 is 23.4 Å². The minimum Gasteiger partial charge on any atom is -0.497 e. The van der Waals surface area contributed by atoms with E-state index in [2.05, 4.69) is 79.6 Å². The van der Waals surface area contributed by atoms with E-state index in [0.29, 0.717) is 22.3 Å². The quantitative estimate of drug-likeness (QED) is 0.277. The molecule has 192 valence electrons. The van der Waals surface area contributed by atoms with Crippen LogP contribution in [-0.2, 0) is 10.2 Å². The Morgan fingerprint density at radius 2 is 1.65 bits per heavy atom. The van der Waals surface area contributed by atoms with Crippen LogP contribution in [0.2, 0.25) is 0 Å². The summed E-state index contributed by atoms with van der Waals surface area (Å²) in [7, 11) is 3.14. The van der Waals surface area contributed by atoms with Gasteiger partial charge in [-0.2, -0.15) is 0 Å². The first kappa shape index (κ1) is 26.3. The van der Waals surface area contributed by atoms with Crippen molar-refractivity contribution in [1.29, 1.82) is 0 Å². The van der Waals surface area contributed by atoms with Crippen LogP contribution in [0.15, 0.2) is 71.9 Å². The molecular weight excluding hydrogens is 484 g/mol. The van der Waals surface area contributed by atoms with Crippen molar-refractivity contribution in [3.8, 4) is 28.6 Å². The van der Waals surface area contributed by atoms with Crippen LogP contribution in [0.4, 0.5) is 5.69 Å². The number of nitrogens with zero attached hydrogens (tertiary/aromatic N) is 3. The molecule has 0 aliphatic rings. The van der Waals surface area contributed by atoms with E-state index in [1.165, 1.54) is 17.3 Å². The molecule has 0 radical (unpaired) electrons. The Hall–Kier alpha value is -3.78. The second-order valence-corrected chi connectivity index (χ2v) is 10.7. The molecule has 8 heteroatoms. The van der Waals surface area contributed by atoms with Gasteiger partial charge in [0.25, 0.3) is 0 Å². The lowest BCUT2D eigenvalue weighted by atomic mass is 9.87. The number of amides is 1. The van der Waals surface area contributed by atoms with Gasteiger partial charge >= 0.3 is 0 Å². The van der Waals surface area contributed by atoms with Crippen LogP contribution < -0.4 is 14.8 Å². The first-order valence-corrected chi connectivity index (χ1v) is 13.0. The molecule has 0 atom stereocenters. The molecule has 4 aromatic rings. The Labute approximate surface area is 222 Å². The lowest BCUT2D eigenvalue weighted by molar-refractivity contribution is -0.113. The number of nitrogens with one attached hydrogen (secondary N) is 1. The lowest BCUT2D eigenvalue weighted by Gasteiger charge is -2.19. The fraction of sp³-hybridized carbons (Fsp3) is 0.276. The minimum atomic E-state index is -0.178. The van der Waals surface area contributed by atoms with Crippen LogP contribution in [0.1, 0.15) is 31.9 Å². The van der Waals surface area contributed by atoms with Gasteiger partial charge in [0.1, 0.15) is 11.5 Å². The lowest BCUT2D eigenvalue weighted by Crippen LogP contribution is -2.15. The minimum absolute atomic E-state index is 0.0596. The van der Waals surface area contributed by atoms with E-state index in [1.54, 1.807) is 32.4 Å². The molecule has 1 heterocycles. The van der Waals surface area contributed by atoms with Gasteiger partial charge < -0.3 is 14.8 Å². The summed E-state index contributed by atoms with van der Waals surface area (Å²) in [5.41, 5.74) is 4.94. The number of carbonyl (C=O) groups excluding carboxylic acids is 1. The Balaban J connectivity index is 1.59. The summed E-state index contributed by atoms with van der Waals surface area (Å²) in [6, 6.07) is 21.9. The van der Waals surface area contributed by atoms with E-state index in [0.717, 1.165) is 22.6 Å². The van der Waals surface area contributed by atoms with Crippen LogP contribution in [0, 0.1) is 6.92 Å². The van der Waals surface area contributed by atoms with Crippen LogP contribution in [0.5, 0.6) is 11.5 Å². The van der Waals surface area contributed by atoms with Crippen LogP contribution in [0.25, 0.3) is 17.1 Å². The van der Waals surface area contributed by atoms with Gasteiger partial charge in [-0.3, -0.25) is 9.36 Å². The summed E-state index contributed by atoms with van der Waals surface area (Å²) in [6.45, 7) is 8.63. The number of rotatable bonds is 8. The molecule has 0 saturated heterocycles. The summed E-state index contributed by atoms with van der Waals surface area (Å²) in [5.74, 6) is 1.88. The molecular formula is C29H32N4O3S. The van der Waals surface area contributed by atoms with E-state index >= 15 is 0 Å². The molecule has 7 nitrogen and oxygen atoms in total. The van der Waals surface area contributed by atoms with Crippen LogP contribution >= 0.6 is 11.8 Å². The Kier molecular flexibility index (Phi) is 7.88. The van der Waals surface area contributed by atoms with Crippen molar-refractivity contribution in [3.05, 3.63) is 77.9 Å². The number of aryl methyl sites for hydroxylation is 1. The molecule has 0 aliphatic carbocycles. The number of hydrogen-bond acceptors (Lipinski definition) is 6. The molecule has 1 N–H and O–H groups in total. The van der Waals surface area contributed by atoms with Gasteiger partial charge in [0.2, 0.25) is 5.91 Å². The van der Waals surface area contributed by atoms with Crippen molar-refractivity contribution in [2.24, 2.45) is 0 Å². The van der Waals surface area contributed by atoms with Gasteiger partial charge in [-0.25, -0.2) is 0 Å². The molecule has 0 fully saturated rings. The number of ether oxygens (including phenoxy) is 2. The smallest absolute Gasteiger partial charge is 0.234 e. The Bertz CT molecular complexity index is 1370. The third-order valence-corrected chi connectivity index (χ3v) is 6.88. The molecule has 0 aliphatic heterocycles. The zero-order chi connectivity index (χ0) is 26.6. The number of benzene rings is 3. The number of carbonyl (C=O) groups is 1. The van der Waals surface area contributed by atoms with Gasteiger partial charge in [0, 0.05) is 17.3 Å². The third-order valence-electron chi connectivity index (χ3n) is 5.95. The van der Waals surface area contributed by atoms with Crippen LogP contribution in [0.3, 0.4) is 0 Å². The highest BCUT2D eigenvalue weighted by Gasteiger charge is 2.19. The standard InChI is InChI=1S/C29H32N4O3S/c1-19-7-13-22(14-8-19)33-27(20-9-11-21(12-10-20)29(2,3)4)31-32-28(33)37-18-26(34)30-24-16-15-23(35-5)17-25(24)36-6/h7-17H,18H2,1-6H3,(H,30,34). The summed E-state index contributed by atoms with van der Waals surface area (Å²) in [4.78, 5) is 12.8. The molecule has 0 unspecified atom stereocenters. The second kappa shape index (κ2) is 11.1. The molecule has 0 bridgehead atoms. The molecule has 1 aromatic heterocycles. The van der Waals surface area contributed by atoms with Crippen molar-refractivity contribution in [2.45, 2.75) is 38.3 Å². The topological polar surface area (TPSA) is 78.3 Å². The molecule has 0 saturated carbocycles. The largest absolute Gasteiger partial charge is 0.497 e. The van der Waals surface area contributed by atoms with E-state index in [9.17, 15) is 4.79 Å². The van der Waals surface area contributed by atoms with Crippen molar-refractivity contribution in [1.82, 2.24) is 14.8 Å². The van der Waals surface area contributed by atoms with E-state index in [4.69, 9.17) is 9.47 Å². The van der Waals surface area contributed by atoms with Crippen molar-refractivity contribution in [2.75, 3.05) is 25.3 Å². The summed E-state index contributed by atoms with van der Waals surface area (Å²) in [5, 5.41) is 12.5. The van der Waals surface area contributed by atoms with Gasteiger partial charge in [-0.05, 0) is 42.2 Å². The van der Waals surface area contributed by atoms with Gasteiger partial charge in [-0.15, -0.1) is 10.2 Å². The molecule has 0 spiro atoms. The van der Waals surface area contributed by atoms with E-state index in [1.807, 2.05) is 16.7 Å². The average molecular weight is 517 g/mol. The van der Waals surface area contributed by atoms with Crippen LogP contribution in [-0.4, -0.2) is 40.6 Å². The first-order valence-electron chi connectivity index (χ1n) is 12.0. The molecule has 3 aromatic carbocycles. The van der Waals surface area contributed by atoms with Gasteiger partial charge in [0.15, 0.2) is 11.0 Å². The predicted octanol–water partition coefficient (Wildman–Crippen LogP) is 6.29. The zero-order valence-electron chi connectivity index (χ0n) is 22.0. The monoisotopic (exact) mass is 516 g/mol. The van der Waals surface area contributed by atoms with Crippen molar-refractivity contribution < 1.29 is 14.3 Å². The number of methoxy groups -OCH3 is 2. The number of hydrogen-bond donors (Lipinski definition) is 1. The third kappa shape index (κ3) is 6.14. The number of anilines is 1. The zero-order valence-corrected chi connectivity index (χ0v) is 22.8. The second-order valence-electron chi connectivity index (χ2n) is 9.71. The van der Waals surface area contributed by atoms with E-state index in [-0.39, 0.29) is 17.1 Å². The molecule has 1 amide bonds. The Morgan fingerprint density at radius 1 is 0.946 bits per heavy atom. The van der Waals surface area contributed by atoms with E-state index < -0.39 is 0 Å². The highest BCUT2D eigenvalue weighted by atomic mass is 32.2. The van der Waals surface area contributed by atoms with Gasteiger partial charge in [0.05, 0.1) is 25.7 Å². The molecule has 4 rings (SSSR count). The van der Waals surface area contributed by atoms with Gasteiger partial charge in [-0.1, -0.05) is 74.5 Å². The van der Waals surface area contributed by atoms with Crippen molar-refractivity contribution in [3.63, 3.8) is 0 Å². The SMILES string of the molecule is COc1ccc(NC(=O)CSc2nnc(-c3ccc(C(C)(C)C)cc3)n2-c2ccc(C)cc2)c(OC)c1. The average Bonchev–Trinajstić information content (AvgIpc) is 3.31. The number of aromatic nitrogens is 3. The summed E-state index contributed by atoms with van der Waals surface area (Å²) in [6.07, 6.45) is 0. The molecule has 37 heavy (non-hydrogen) atoms.